The molecule has 596 valence electrons. The minimum absolute atomic E-state index is 0.132. The highest BCUT2D eigenvalue weighted by Crippen LogP contribution is 2.63. The van der Waals surface area contributed by atoms with Crippen molar-refractivity contribution in [1.82, 2.24) is 0 Å². The van der Waals surface area contributed by atoms with Gasteiger partial charge in [-0.15, -0.1) is 0 Å². The van der Waals surface area contributed by atoms with Crippen LogP contribution in [0.3, 0.4) is 0 Å². The van der Waals surface area contributed by atoms with Gasteiger partial charge in [0, 0.05) is 6.85 Å². The summed E-state index contributed by atoms with van der Waals surface area (Å²) in [5, 5.41) is 0. The lowest BCUT2D eigenvalue weighted by Gasteiger charge is -2.56. The Morgan fingerprint density at radius 3 is 0.871 bits per heavy atom. The Hall–Kier alpha value is 0. The molecule has 3 atom stereocenters. The second-order valence-electron chi connectivity index (χ2n) is 46.5. The van der Waals surface area contributed by atoms with E-state index < -0.39 is 12.7 Å². The zero-order valence-corrected chi connectivity index (χ0v) is 74.3. The largest absolute Gasteiger partial charge is 0.0651 e. The summed E-state index contributed by atoms with van der Waals surface area (Å²) in [5.74, 6) is 17.2. The zero-order valence-electron chi connectivity index (χ0n) is 79.3. The highest BCUT2D eigenvalue weighted by molar-refractivity contribution is 5.02. The van der Waals surface area contributed by atoms with Crippen LogP contribution in [0.15, 0.2) is 0 Å². The van der Waals surface area contributed by atoms with E-state index in [2.05, 4.69) is 111 Å². The summed E-state index contributed by atoms with van der Waals surface area (Å²) in [5.41, 5.74) is 5.70. The Bertz CT molecular complexity index is 2260. The van der Waals surface area contributed by atoms with E-state index in [1.807, 2.05) is 55.4 Å². The predicted molar refractivity (Wildman–Crippen MR) is 454 cm³/mol. The van der Waals surface area contributed by atoms with Gasteiger partial charge in [0.05, 0.1) is 0 Å². The first-order valence-corrected chi connectivity index (χ1v) is 46.3. The van der Waals surface area contributed by atoms with Crippen LogP contribution in [-0.4, -0.2) is 0 Å². The fourth-order valence-electron chi connectivity index (χ4n) is 25.2. The topological polar surface area (TPSA) is 0 Å². The van der Waals surface area contributed by atoms with Crippen molar-refractivity contribution >= 4 is 0 Å². The summed E-state index contributed by atoms with van der Waals surface area (Å²) in [6.07, 6.45) is 68.8. The first-order chi connectivity index (χ1) is 48.8. The molecule has 0 aliphatic heterocycles. The molecular weight excluding hydrogens is 1210 g/mol. The maximum absolute atomic E-state index is 7.25. The molecular formula is C101H192. The van der Waals surface area contributed by atoms with E-state index in [-0.39, 0.29) is 17.2 Å². The molecule has 0 nitrogen and oxygen atoms in total. The zero-order chi connectivity index (χ0) is 79.3. The molecule has 20 fully saturated rings. The summed E-state index contributed by atoms with van der Waals surface area (Å²) in [6, 6.07) is 0. The molecule has 0 amide bonds. The van der Waals surface area contributed by atoms with Crippen molar-refractivity contribution in [2.45, 2.75) is 488 Å². The molecule has 0 aromatic carbocycles. The third kappa shape index (κ3) is 30.0. The first kappa shape index (κ1) is 82.0. The number of fused-ring (bicyclic) bond motifs is 6. The molecule has 0 radical (unpaired) electrons. The molecule has 20 rings (SSSR count). The molecule has 20 aliphatic rings. The van der Waals surface area contributed by atoms with Crippen molar-refractivity contribution in [3.05, 3.63) is 0 Å². The van der Waals surface area contributed by atoms with Crippen molar-refractivity contribution in [1.29, 1.82) is 0 Å². The van der Waals surface area contributed by atoms with E-state index >= 15 is 0 Å². The summed E-state index contributed by atoms with van der Waals surface area (Å²) in [7, 11) is 0. The molecule has 12 bridgehead atoms. The van der Waals surface area contributed by atoms with Gasteiger partial charge >= 0.3 is 0 Å². The van der Waals surface area contributed by atoms with Gasteiger partial charge in [0.1, 0.15) is 0 Å². The van der Waals surface area contributed by atoms with Crippen LogP contribution < -0.4 is 0 Å². The second kappa shape index (κ2) is 40.3. The van der Waals surface area contributed by atoms with Crippen molar-refractivity contribution in [3.63, 3.8) is 0 Å². The lowest BCUT2D eigenvalue weighted by molar-refractivity contribution is -0.0545. The smallest absolute Gasteiger partial charge is 0.0294 e. The minimum atomic E-state index is -1.06. The van der Waals surface area contributed by atoms with Gasteiger partial charge in [-0.2, -0.15) is 0 Å². The molecule has 1 unspecified atom stereocenters. The van der Waals surface area contributed by atoms with Crippen LogP contribution in [0.1, 0.15) is 495 Å². The summed E-state index contributed by atoms with van der Waals surface area (Å²) >= 11 is 0. The van der Waals surface area contributed by atoms with Crippen molar-refractivity contribution < 1.29 is 6.85 Å². The Balaban J connectivity index is 0.000000185. The van der Waals surface area contributed by atoms with E-state index in [0.29, 0.717) is 16.2 Å². The van der Waals surface area contributed by atoms with E-state index in [9.17, 15) is 0 Å². The van der Waals surface area contributed by atoms with E-state index in [1.54, 1.807) is 142 Å². The molecule has 20 saturated carbocycles. The maximum atomic E-state index is 7.25. The third-order valence-electron chi connectivity index (χ3n) is 32.7. The summed E-state index contributed by atoms with van der Waals surface area (Å²) in [4.78, 5) is 0. The fraction of sp³-hybridized carbons (Fsp3) is 1.00. The van der Waals surface area contributed by atoms with Crippen LogP contribution in [0, 0.1) is 155 Å². The van der Waals surface area contributed by atoms with E-state index in [0.717, 1.165) is 122 Å². The van der Waals surface area contributed by atoms with Crippen LogP contribution >= 0.6 is 0 Å². The molecule has 0 heteroatoms. The highest BCUT2D eigenvalue weighted by atomic mass is 14.6. The van der Waals surface area contributed by atoms with Crippen LogP contribution in [0.25, 0.3) is 0 Å². The summed E-state index contributed by atoms with van der Waals surface area (Å²) in [6.45, 7) is 56.4. The van der Waals surface area contributed by atoms with Crippen molar-refractivity contribution in [2.75, 3.05) is 0 Å². The van der Waals surface area contributed by atoms with E-state index in [4.69, 9.17) is 6.85 Å². The van der Waals surface area contributed by atoms with Gasteiger partial charge in [0.25, 0.3) is 0 Å². The standard InChI is InChI=1S/C14H26.C12H20.C12H22.C11H18.2C11H20.C10H18.C6H14.2C5H12.C4H10/c1-12-4-6-14(7-5-12)10-8-13(2,3)9-11-14;1-2-12-6-9-3-10(7-12)5-11(4-9)8-12;1-11-5-9-12(10-6-11)7-3-2-4-8-12;1-11-5-8-2-9(6-11)4-10(3-8)7-11;1-8-9-4-6-10(7-5-9)11(8,2)3;1-10-4-8-11(9-5-10)6-2-3-7-11;1-7-8(2)10-5-3-9(7)4-6-10;1-5-6(2,3)4;1-5(2,3)4;1-4-5(2)3;1-4(2)3/h12H,4-11H2,1-3H3;9-11H,2-8H2,1H3;11H,2-10H2,1H3;8-10H,2-7H2,1H3;8-10H,4-7H2,1-3H3;10H,2-9H2,1H3;7-10H,3-6H2,1-2H3;5H2,1-4H3;1-4H3;5H,4H2,1-3H3;4H,1-3H3/t;;;;8-,9?,10?;;7-,8?,9?,10?;;;;/m....1.0..../s1/i;;;;;;;5D2;;4D2;4D. The van der Waals surface area contributed by atoms with Gasteiger partial charge in [-0.25, -0.2) is 0 Å². The first-order valence-electron chi connectivity index (χ1n) is 48.8. The minimum Gasteiger partial charge on any atom is -0.0651 e. The molecule has 0 saturated heterocycles. The van der Waals surface area contributed by atoms with E-state index in [1.165, 1.54) is 167 Å². The molecule has 3 spiro atoms. The van der Waals surface area contributed by atoms with Crippen molar-refractivity contribution in [2.24, 2.45) is 155 Å². The lowest BCUT2D eigenvalue weighted by Crippen LogP contribution is -2.45. The van der Waals surface area contributed by atoms with Crippen LogP contribution in [0.4, 0.5) is 0 Å². The average molecular weight is 1410 g/mol. The molecule has 0 aromatic heterocycles. The van der Waals surface area contributed by atoms with Gasteiger partial charge in [-0.3, -0.25) is 0 Å². The molecule has 20 aliphatic carbocycles. The van der Waals surface area contributed by atoms with Gasteiger partial charge in [-0.1, -0.05) is 270 Å². The number of hydrogen-bond acceptors (Lipinski definition) is 0. The predicted octanol–water partition coefficient (Wildman–Crippen LogP) is 34.3. The Kier molecular flexibility index (Phi) is 32.7. The Morgan fingerprint density at radius 2 is 0.644 bits per heavy atom. The normalized spacial score (nSPS) is 39.0. The SMILES string of the molecule is CC(C)(C)C.CC12CC3CC(CC(C3)C1)C2.CC1C2CCC(CC2)[C@H]1C.CC1CCC2(CC1)CCC(C)(C)CC2.CC1CCC2(CCCC2)CC1.CC1CCC2(CCCCC2)CC1.CCC12CC3CC(CC(C3)C1)C2.C[C@@H]1C2CCC(CC2)C1(C)C.[2H]C(C)(C)C.[2H]C([2H])(C)C(C)(C)C.[2H]C([2H])(C)C(C)C. The van der Waals surface area contributed by atoms with Crippen molar-refractivity contribution in [3.8, 4) is 0 Å². The summed E-state index contributed by atoms with van der Waals surface area (Å²) < 4.78 is 35.5. The lowest BCUT2D eigenvalue weighted by atomic mass is 9.49. The van der Waals surface area contributed by atoms with Gasteiger partial charge in [0.15, 0.2) is 0 Å². The maximum Gasteiger partial charge on any atom is 0.0294 e. The highest BCUT2D eigenvalue weighted by Gasteiger charge is 2.51. The average Bonchev–Trinajstić information content (AvgIpc) is 0.854. The Morgan fingerprint density at radius 1 is 0.376 bits per heavy atom. The van der Waals surface area contributed by atoms with Crippen LogP contribution in [0.5, 0.6) is 0 Å². The molecule has 0 aromatic rings. The van der Waals surface area contributed by atoms with Crippen LogP contribution in [0.2, 0.25) is 0 Å². The molecule has 0 N–H and O–H groups in total. The van der Waals surface area contributed by atoms with Gasteiger partial charge in [-0.05, 0) is 374 Å². The monoisotopic (exact) mass is 1410 g/mol. The van der Waals surface area contributed by atoms with Gasteiger partial charge < -0.3 is 0 Å². The second-order valence-corrected chi connectivity index (χ2v) is 46.5. The Labute approximate surface area is 646 Å². The molecule has 0 heterocycles. The third-order valence-corrected chi connectivity index (χ3v) is 32.7. The van der Waals surface area contributed by atoms with Crippen LogP contribution in [-0.2, 0) is 0 Å². The quantitative estimate of drug-likeness (QED) is 0.259. The molecule has 101 heavy (non-hydrogen) atoms. The fourth-order valence-corrected chi connectivity index (χ4v) is 25.2. The number of rotatable bonds is 2. The number of hydrogen-bond donors (Lipinski definition) is 0. The van der Waals surface area contributed by atoms with Gasteiger partial charge in [0.2, 0.25) is 0 Å².